The molecule has 1 saturated carbocycles. The van der Waals surface area contributed by atoms with Crippen LogP contribution in [0, 0.1) is 5.92 Å². The molecular formula is C13H26ClNO. The summed E-state index contributed by atoms with van der Waals surface area (Å²) in [6, 6.07) is 0.785. The topological polar surface area (TPSA) is 12.5 Å². The Hall–Kier alpha value is 0.210. The van der Waals surface area contributed by atoms with E-state index < -0.39 is 0 Å². The number of ether oxygens (including phenoxy) is 1. The lowest BCUT2D eigenvalue weighted by molar-refractivity contribution is 0.0640. The Morgan fingerprint density at radius 2 is 2.00 bits per heavy atom. The fourth-order valence-electron chi connectivity index (χ4n) is 1.94. The van der Waals surface area contributed by atoms with E-state index in [0.29, 0.717) is 0 Å². The molecule has 1 aliphatic carbocycles. The van der Waals surface area contributed by atoms with Gasteiger partial charge in [-0.05, 0) is 25.2 Å². The Morgan fingerprint density at radius 3 is 2.50 bits per heavy atom. The van der Waals surface area contributed by atoms with Crippen LogP contribution in [-0.4, -0.2) is 43.1 Å². The first-order chi connectivity index (χ1) is 7.74. The lowest BCUT2D eigenvalue weighted by Gasteiger charge is -2.37. The molecule has 0 N–H and O–H groups in total. The van der Waals surface area contributed by atoms with Crippen LogP contribution in [-0.2, 0) is 4.74 Å². The van der Waals surface area contributed by atoms with Crippen LogP contribution in [0.15, 0.2) is 0 Å². The standard InChI is InChI=1S/C13H26ClNO/c1-12(2)6-10-16-11-9-15(8-7-14)13-4-3-5-13/h12-13H,3-11H2,1-2H3. The number of hydrogen-bond donors (Lipinski definition) is 0. The van der Waals surface area contributed by atoms with Crippen molar-refractivity contribution in [1.82, 2.24) is 4.90 Å². The van der Waals surface area contributed by atoms with Gasteiger partial charge < -0.3 is 4.74 Å². The normalized spacial score (nSPS) is 17.1. The molecule has 96 valence electrons. The van der Waals surface area contributed by atoms with Crippen LogP contribution < -0.4 is 0 Å². The molecule has 1 fully saturated rings. The van der Waals surface area contributed by atoms with Crippen molar-refractivity contribution in [2.45, 2.75) is 45.6 Å². The lowest BCUT2D eigenvalue weighted by atomic mass is 9.91. The molecule has 0 unspecified atom stereocenters. The van der Waals surface area contributed by atoms with Gasteiger partial charge >= 0.3 is 0 Å². The second-order valence-corrected chi connectivity index (χ2v) is 5.48. The minimum atomic E-state index is 0.739. The summed E-state index contributed by atoms with van der Waals surface area (Å²) in [5.74, 6) is 1.48. The third-order valence-corrected chi connectivity index (χ3v) is 3.49. The van der Waals surface area contributed by atoms with Gasteiger partial charge in [-0.1, -0.05) is 20.3 Å². The van der Waals surface area contributed by atoms with E-state index >= 15 is 0 Å². The number of hydrogen-bond acceptors (Lipinski definition) is 2. The predicted molar refractivity (Wildman–Crippen MR) is 70.2 cm³/mol. The molecule has 0 bridgehead atoms. The van der Waals surface area contributed by atoms with Gasteiger partial charge in [0.15, 0.2) is 0 Å². The van der Waals surface area contributed by atoms with Gasteiger partial charge in [-0.25, -0.2) is 0 Å². The van der Waals surface area contributed by atoms with Crippen LogP contribution in [0.4, 0.5) is 0 Å². The van der Waals surface area contributed by atoms with E-state index in [1.807, 2.05) is 0 Å². The van der Waals surface area contributed by atoms with Crippen LogP contribution in [0.5, 0.6) is 0 Å². The molecule has 3 heteroatoms. The monoisotopic (exact) mass is 247 g/mol. The molecule has 0 aliphatic heterocycles. The maximum Gasteiger partial charge on any atom is 0.0593 e. The van der Waals surface area contributed by atoms with Crippen molar-refractivity contribution in [3.8, 4) is 0 Å². The minimum Gasteiger partial charge on any atom is -0.380 e. The molecule has 2 nitrogen and oxygen atoms in total. The molecular weight excluding hydrogens is 222 g/mol. The second-order valence-electron chi connectivity index (χ2n) is 5.10. The van der Waals surface area contributed by atoms with E-state index in [9.17, 15) is 0 Å². The van der Waals surface area contributed by atoms with E-state index in [4.69, 9.17) is 16.3 Å². The molecule has 0 amide bonds. The fourth-order valence-corrected chi connectivity index (χ4v) is 2.16. The summed E-state index contributed by atoms with van der Waals surface area (Å²) in [5.41, 5.74) is 0. The highest BCUT2D eigenvalue weighted by Crippen LogP contribution is 2.24. The van der Waals surface area contributed by atoms with Crippen molar-refractivity contribution in [2.75, 3.05) is 32.2 Å². The largest absolute Gasteiger partial charge is 0.380 e. The summed E-state index contributed by atoms with van der Waals surface area (Å²) >= 11 is 5.82. The Labute approximate surface area is 105 Å². The third-order valence-electron chi connectivity index (χ3n) is 3.33. The molecule has 0 atom stereocenters. The summed E-state index contributed by atoms with van der Waals surface area (Å²) in [7, 11) is 0. The van der Waals surface area contributed by atoms with Gasteiger partial charge in [0.2, 0.25) is 0 Å². The summed E-state index contributed by atoms with van der Waals surface area (Å²) in [5, 5.41) is 0. The van der Waals surface area contributed by atoms with Gasteiger partial charge in [0.05, 0.1) is 6.61 Å². The molecule has 1 aliphatic rings. The van der Waals surface area contributed by atoms with Crippen LogP contribution in [0.1, 0.15) is 39.5 Å². The van der Waals surface area contributed by atoms with Gasteiger partial charge in [-0.2, -0.15) is 0 Å². The first kappa shape index (κ1) is 14.3. The first-order valence-corrected chi connectivity index (χ1v) is 7.15. The van der Waals surface area contributed by atoms with Gasteiger partial charge in [0.1, 0.15) is 0 Å². The summed E-state index contributed by atoms with van der Waals surface area (Å²) < 4.78 is 5.66. The quantitative estimate of drug-likeness (QED) is 0.459. The summed E-state index contributed by atoms with van der Waals surface area (Å²) in [6.45, 7) is 8.29. The average molecular weight is 248 g/mol. The SMILES string of the molecule is CC(C)CCOCCN(CCCl)C1CCC1. The molecule has 0 radical (unpaired) electrons. The highest BCUT2D eigenvalue weighted by atomic mass is 35.5. The van der Waals surface area contributed by atoms with E-state index in [1.165, 1.54) is 25.7 Å². The van der Waals surface area contributed by atoms with Gasteiger partial charge in [0.25, 0.3) is 0 Å². The van der Waals surface area contributed by atoms with Crippen LogP contribution in [0.3, 0.4) is 0 Å². The van der Waals surface area contributed by atoms with Crippen molar-refractivity contribution < 1.29 is 4.74 Å². The number of rotatable bonds is 9. The van der Waals surface area contributed by atoms with Crippen molar-refractivity contribution in [2.24, 2.45) is 5.92 Å². The van der Waals surface area contributed by atoms with E-state index in [2.05, 4.69) is 18.7 Å². The Bertz CT molecular complexity index is 171. The van der Waals surface area contributed by atoms with E-state index in [1.54, 1.807) is 0 Å². The number of alkyl halides is 1. The smallest absolute Gasteiger partial charge is 0.0593 e. The lowest BCUT2D eigenvalue weighted by Crippen LogP contribution is -2.43. The van der Waals surface area contributed by atoms with Gasteiger partial charge in [-0.15, -0.1) is 11.6 Å². The second kappa shape index (κ2) is 8.32. The number of halogens is 1. The maximum atomic E-state index is 5.82. The molecule has 0 aromatic rings. The Balaban J connectivity index is 2.03. The molecule has 0 aromatic heterocycles. The zero-order valence-electron chi connectivity index (χ0n) is 10.8. The summed E-state index contributed by atoms with van der Waals surface area (Å²) in [6.07, 6.45) is 5.25. The highest BCUT2D eigenvalue weighted by Gasteiger charge is 2.23. The van der Waals surface area contributed by atoms with Crippen molar-refractivity contribution in [3.05, 3.63) is 0 Å². The number of nitrogens with zero attached hydrogens (tertiary/aromatic N) is 1. The predicted octanol–water partition coefficient (Wildman–Crippen LogP) is 3.14. The fraction of sp³-hybridized carbons (Fsp3) is 1.00. The molecule has 0 aromatic carbocycles. The van der Waals surface area contributed by atoms with Crippen molar-refractivity contribution in [3.63, 3.8) is 0 Å². The molecule has 0 heterocycles. The van der Waals surface area contributed by atoms with Crippen molar-refractivity contribution >= 4 is 11.6 Å². The zero-order chi connectivity index (χ0) is 11.8. The molecule has 0 spiro atoms. The van der Waals surface area contributed by atoms with Crippen LogP contribution in [0.25, 0.3) is 0 Å². The van der Waals surface area contributed by atoms with E-state index in [0.717, 1.165) is 44.1 Å². The highest BCUT2D eigenvalue weighted by molar-refractivity contribution is 6.18. The molecule has 1 rings (SSSR count). The molecule has 16 heavy (non-hydrogen) atoms. The van der Waals surface area contributed by atoms with Crippen LogP contribution in [0.2, 0.25) is 0 Å². The maximum absolute atomic E-state index is 5.82. The summed E-state index contributed by atoms with van der Waals surface area (Å²) in [4.78, 5) is 2.49. The first-order valence-electron chi connectivity index (χ1n) is 6.61. The third kappa shape index (κ3) is 5.51. The zero-order valence-corrected chi connectivity index (χ0v) is 11.5. The minimum absolute atomic E-state index is 0.739. The van der Waals surface area contributed by atoms with Gasteiger partial charge in [-0.3, -0.25) is 4.90 Å². The van der Waals surface area contributed by atoms with Gasteiger partial charge in [0, 0.05) is 31.6 Å². The average Bonchev–Trinajstić information content (AvgIpc) is 2.14. The Morgan fingerprint density at radius 1 is 1.25 bits per heavy atom. The molecule has 0 saturated heterocycles. The van der Waals surface area contributed by atoms with E-state index in [-0.39, 0.29) is 0 Å². The van der Waals surface area contributed by atoms with Crippen LogP contribution >= 0.6 is 11.6 Å². The Kier molecular flexibility index (Phi) is 7.42. The van der Waals surface area contributed by atoms with Crippen molar-refractivity contribution in [1.29, 1.82) is 0 Å².